The third-order valence-electron chi connectivity index (χ3n) is 4.71. The molecule has 3 aromatic rings. The van der Waals surface area contributed by atoms with Crippen LogP contribution in [0.3, 0.4) is 0 Å². The van der Waals surface area contributed by atoms with E-state index >= 15 is 0 Å². The summed E-state index contributed by atoms with van der Waals surface area (Å²) in [6.07, 6.45) is 6.82. The summed E-state index contributed by atoms with van der Waals surface area (Å²) in [5.41, 5.74) is 3.64. The lowest BCUT2D eigenvalue weighted by atomic mass is 10.1. The number of aromatic amines is 1. The number of H-pyrrole nitrogens is 1. The highest BCUT2D eigenvalue weighted by atomic mass is 16.5. The van der Waals surface area contributed by atoms with Crippen molar-refractivity contribution >= 4 is 10.9 Å². The van der Waals surface area contributed by atoms with Gasteiger partial charge in [0.2, 0.25) is 0 Å². The van der Waals surface area contributed by atoms with Crippen LogP contribution in [0, 0.1) is 0 Å². The monoisotopic (exact) mass is 309 g/mol. The predicted octanol–water partition coefficient (Wildman–Crippen LogP) is 4.14. The minimum Gasteiger partial charge on any atom is -0.361 e. The van der Waals surface area contributed by atoms with Crippen LogP contribution in [0.15, 0.2) is 41.1 Å². The quantitative estimate of drug-likeness (QED) is 0.689. The smallest absolute Gasteiger partial charge is 0.140 e. The van der Waals surface area contributed by atoms with Gasteiger partial charge < -0.3 is 14.8 Å². The Labute approximate surface area is 136 Å². The molecule has 4 heteroatoms. The van der Waals surface area contributed by atoms with E-state index in [0.29, 0.717) is 12.0 Å². The number of nitrogens with zero attached hydrogens (tertiary/aromatic N) is 1. The Bertz CT molecular complexity index is 785. The number of fused-ring (bicyclic) bond motifs is 1. The number of aromatic nitrogens is 2. The number of rotatable bonds is 7. The summed E-state index contributed by atoms with van der Waals surface area (Å²) in [5, 5.41) is 9.05. The summed E-state index contributed by atoms with van der Waals surface area (Å²) in [7, 11) is 0. The second-order valence-corrected chi connectivity index (χ2v) is 6.68. The zero-order valence-electron chi connectivity index (χ0n) is 13.5. The van der Waals surface area contributed by atoms with Gasteiger partial charge in [-0.15, -0.1) is 0 Å². The van der Waals surface area contributed by atoms with Gasteiger partial charge in [0.1, 0.15) is 5.76 Å². The first-order valence-corrected chi connectivity index (χ1v) is 8.53. The molecule has 1 aliphatic carbocycles. The number of hydrogen-bond acceptors (Lipinski definition) is 3. The molecule has 2 aromatic heterocycles. The van der Waals surface area contributed by atoms with Crippen LogP contribution < -0.4 is 5.32 Å². The van der Waals surface area contributed by atoms with Crippen molar-refractivity contribution in [3.8, 4) is 0 Å². The van der Waals surface area contributed by atoms with E-state index in [1.54, 1.807) is 0 Å². The third-order valence-corrected chi connectivity index (χ3v) is 4.71. The van der Waals surface area contributed by atoms with Crippen molar-refractivity contribution in [1.82, 2.24) is 15.5 Å². The van der Waals surface area contributed by atoms with E-state index in [-0.39, 0.29) is 0 Å². The summed E-state index contributed by atoms with van der Waals surface area (Å²) in [4.78, 5) is 3.35. The normalized spacial score (nSPS) is 16.0. The van der Waals surface area contributed by atoms with Crippen LogP contribution in [0.25, 0.3) is 10.9 Å². The predicted molar refractivity (Wildman–Crippen MR) is 91.4 cm³/mol. The lowest BCUT2D eigenvalue weighted by Gasteiger charge is -2.12. The minimum absolute atomic E-state index is 0.449. The Hall–Kier alpha value is -2.07. The molecule has 4 nitrogen and oxygen atoms in total. The van der Waals surface area contributed by atoms with Crippen LogP contribution in [0.1, 0.15) is 49.1 Å². The standard InChI is InChI=1S/C19H23N3O/c1-13(20-12-16-10-19(23-22-16)14-8-9-14)6-7-15-11-21-18-5-3-2-4-17(15)18/h2-5,10-11,13-14,20-21H,6-9,12H2,1H3/t13-/m1/s1. The Morgan fingerprint density at radius 3 is 3.09 bits per heavy atom. The summed E-state index contributed by atoms with van der Waals surface area (Å²) in [6.45, 7) is 3.02. The maximum Gasteiger partial charge on any atom is 0.140 e. The van der Waals surface area contributed by atoms with Crippen molar-refractivity contribution in [2.24, 2.45) is 0 Å². The molecule has 0 bridgehead atoms. The van der Waals surface area contributed by atoms with E-state index in [0.717, 1.165) is 30.8 Å². The highest BCUT2D eigenvalue weighted by Crippen LogP contribution is 2.40. The molecule has 0 radical (unpaired) electrons. The number of aryl methyl sites for hydroxylation is 1. The molecule has 0 unspecified atom stereocenters. The molecule has 23 heavy (non-hydrogen) atoms. The van der Waals surface area contributed by atoms with Crippen LogP contribution in [0.5, 0.6) is 0 Å². The van der Waals surface area contributed by atoms with Crippen LogP contribution in [-0.4, -0.2) is 16.2 Å². The van der Waals surface area contributed by atoms with Gasteiger partial charge >= 0.3 is 0 Å². The summed E-state index contributed by atoms with van der Waals surface area (Å²) < 4.78 is 5.39. The molecule has 120 valence electrons. The van der Waals surface area contributed by atoms with Gasteiger partial charge in [-0.1, -0.05) is 23.4 Å². The molecule has 2 N–H and O–H groups in total. The minimum atomic E-state index is 0.449. The summed E-state index contributed by atoms with van der Waals surface area (Å²) >= 11 is 0. The first kappa shape index (κ1) is 14.5. The first-order chi connectivity index (χ1) is 11.3. The lowest BCUT2D eigenvalue weighted by Crippen LogP contribution is -2.26. The van der Waals surface area contributed by atoms with Crippen molar-refractivity contribution in [3.63, 3.8) is 0 Å². The number of para-hydroxylation sites is 1. The number of hydrogen-bond donors (Lipinski definition) is 2. The van der Waals surface area contributed by atoms with Crippen molar-refractivity contribution in [1.29, 1.82) is 0 Å². The Balaban J connectivity index is 1.28. The van der Waals surface area contributed by atoms with E-state index in [1.807, 2.05) is 0 Å². The molecule has 1 fully saturated rings. The second kappa shape index (κ2) is 6.20. The van der Waals surface area contributed by atoms with Gasteiger partial charge in [0.05, 0.1) is 5.69 Å². The van der Waals surface area contributed by atoms with Gasteiger partial charge in [-0.3, -0.25) is 0 Å². The second-order valence-electron chi connectivity index (χ2n) is 6.68. The fourth-order valence-electron chi connectivity index (χ4n) is 3.06. The van der Waals surface area contributed by atoms with Crippen LogP contribution in [0.2, 0.25) is 0 Å². The summed E-state index contributed by atoms with van der Waals surface area (Å²) in [5.74, 6) is 1.70. The lowest BCUT2D eigenvalue weighted by molar-refractivity contribution is 0.373. The molecular weight excluding hydrogens is 286 g/mol. The molecule has 2 heterocycles. The SMILES string of the molecule is C[C@H](CCc1c[nH]c2ccccc12)NCc1cc(C2CC2)on1. The Morgan fingerprint density at radius 2 is 2.22 bits per heavy atom. The summed E-state index contributed by atoms with van der Waals surface area (Å²) in [6, 6.07) is 11.0. The molecule has 0 spiro atoms. The maximum absolute atomic E-state index is 5.39. The van der Waals surface area contributed by atoms with Gasteiger partial charge in [0.15, 0.2) is 0 Å². The molecule has 1 aliphatic rings. The molecular formula is C19H23N3O. The molecule has 1 atom stereocenters. The van der Waals surface area contributed by atoms with Crippen molar-refractivity contribution in [3.05, 3.63) is 53.5 Å². The van der Waals surface area contributed by atoms with Gasteiger partial charge in [0, 0.05) is 41.7 Å². The van der Waals surface area contributed by atoms with Gasteiger partial charge in [-0.05, 0) is 44.2 Å². The average molecular weight is 309 g/mol. The van der Waals surface area contributed by atoms with Crippen LogP contribution >= 0.6 is 0 Å². The highest BCUT2D eigenvalue weighted by molar-refractivity contribution is 5.82. The van der Waals surface area contributed by atoms with E-state index in [2.05, 4.69) is 58.9 Å². The van der Waals surface area contributed by atoms with Crippen LogP contribution in [-0.2, 0) is 13.0 Å². The molecule has 0 saturated heterocycles. The van der Waals surface area contributed by atoms with Crippen molar-refractivity contribution in [2.45, 2.75) is 51.1 Å². The van der Waals surface area contributed by atoms with Crippen LogP contribution in [0.4, 0.5) is 0 Å². The first-order valence-electron chi connectivity index (χ1n) is 8.53. The zero-order chi connectivity index (χ0) is 15.6. The maximum atomic E-state index is 5.39. The van der Waals surface area contributed by atoms with Gasteiger partial charge in [-0.2, -0.15) is 0 Å². The van der Waals surface area contributed by atoms with Crippen molar-refractivity contribution < 1.29 is 4.52 Å². The molecule has 0 aliphatic heterocycles. The Kier molecular flexibility index (Phi) is 3.92. The van der Waals surface area contributed by atoms with Gasteiger partial charge in [0.25, 0.3) is 0 Å². The Morgan fingerprint density at radius 1 is 1.35 bits per heavy atom. The molecule has 1 aromatic carbocycles. The fraction of sp³-hybridized carbons (Fsp3) is 0.421. The molecule has 1 saturated carbocycles. The number of nitrogens with one attached hydrogen (secondary N) is 2. The number of benzene rings is 1. The molecule has 4 rings (SSSR count). The molecule has 0 amide bonds. The zero-order valence-corrected chi connectivity index (χ0v) is 13.5. The largest absolute Gasteiger partial charge is 0.361 e. The average Bonchev–Trinajstić information content (AvgIpc) is 3.18. The van der Waals surface area contributed by atoms with E-state index in [4.69, 9.17) is 4.52 Å². The van der Waals surface area contributed by atoms with Gasteiger partial charge in [-0.25, -0.2) is 0 Å². The topological polar surface area (TPSA) is 53.9 Å². The van der Waals surface area contributed by atoms with Crippen molar-refractivity contribution in [2.75, 3.05) is 0 Å². The van der Waals surface area contributed by atoms with E-state index in [1.165, 1.54) is 29.3 Å². The van der Waals surface area contributed by atoms with E-state index in [9.17, 15) is 0 Å². The fourth-order valence-corrected chi connectivity index (χ4v) is 3.06. The van der Waals surface area contributed by atoms with E-state index < -0.39 is 0 Å². The highest BCUT2D eigenvalue weighted by Gasteiger charge is 2.27. The third kappa shape index (κ3) is 3.32.